The van der Waals surface area contributed by atoms with Crippen molar-refractivity contribution in [3.8, 4) is 0 Å². The zero-order valence-electron chi connectivity index (χ0n) is 12.1. The first-order chi connectivity index (χ1) is 10.6. The molecule has 1 aliphatic rings. The summed E-state index contributed by atoms with van der Waals surface area (Å²) in [5.41, 5.74) is 0.798. The summed E-state index contributed by atoms with van der Waals surface area (Å²) in [6.07, 6.45) is 2.25. The quantitative estimate of drug-likeness (QED) is 0.943. The van der Waals surface area contributed by atoms with Gasteiger partial charge in [0.05, 0.1) is 23.4 Å². The van der Waals surface area contributed by atoms with E-state index < -0.39 is 5.82 Å². The van der Waals surface area contributed by atoms with Crippen LogP contribution in [0.3, 0.4) is 0 Å². The Kier molecular flexibility index (Phi) is 4.18. The molecule has 1 aliphatic heterocycles. The molecule has 1 fully saturated rings. The van der Waals surface area contributed by atoms with Crippen LogP contribution in [-0.4, -0.2) is 30.4 Å². The van der Waals surface area contributed by atoms with Crippen molar-refractivity contribution in [2.45, 2.75) is 18.5 Å². The Labute approximate surface area is 132 Å². The number of furan rings is 1. The summed E-state index contributed by atoms with van der Waals surface area (Å²) in [6.45, 7) is 0.817. The molecule has 0 saturated carbocycles. The van der Waals surface area contributed by atoms with Crippen LogP contribution >= 0.6 is 11.6 Å². The molecule has 1 saturated heterocycles. The highest BCUT2D eigenvalue weighted by atomic mass is 35.5. The number of carbonyl (C=O) groups excluding carboxylic acids is 1. The molecule has 116 valence electrons. The second-order valence-electron chi connectivity index (χ2n) is 5.44. The fourth-order valence-electron chi connectivity index (χ4n) is 2.93. The van der Waals surface area contributed by atoms with Crippen LogP contribution < -0.4 is 5.32 Å². The molecule has 1 amide bonds. The largest absolute Gasteiger partial charge is 0.459 e. The zero-order chi connectivity index (χ0) is 15.7. The normalized spacial score (nSPS) is 22.0. The zero-order valence-corrected chi connectivity index (χ0v) is 12.8. The van der Waals surface area contributed by atoms with E-state index in [9.17, 15) is 9.18 Å². The van der Waals surface area contributed by atoms with Crippen LogP contribution in [0.2, 0.25) is 5.02 Å². The van der Waals surface area contributed by atoms with Gasteiger partial charge in [0.2, 0.25) is 0 Å². The van der Waals surface area contributed by atoms with Gasteiger partial charge in [-0.1, -0.05) is 17.7 Å². The first-order valence-electron chi connectivity index (χ1n) is 7.06. The van der Waals surface area contributed by atoms with E-state index in [0.29, 0.717) is 0 Å². The number of nitrogens with one attached hydrogen (secondary N) is 1. The van der Waals surface area contributed by atoms with Gasteiger partial charge in [0.1, 0.15) is 5.82 Å². The monoisotopic (exact) mass is 322 g/mol. The number of likely N-dealkylation sites (N-methyl/N-ethyl adjacent to an activating group) is 1. The molecule has 22 heavy (non-hydrogen) atoms. The highest BCUT2D eigenvalue weighted by Gasteiger charge is 2.34. The second-order valence-corrected chi connectivity index (χ2v) is 5.85. The van der Waals surface area contributed by atoms with E-state index in [2.05, 4.69) is 10.2 Å². The Morgan fingerprint density at radius 3 is 2.95 bits per heavy atom. The van der Waals surface area contributed by atoms with E-state index in [-0.39, 0.29) is 28.8 Å². The van der Waals surface area contributed by atoms with Crippen LogP contribution in [0.5, 0.6) is 0 Å². The number of nitrogens with zero attached hydrogens (tertiary/aromatic N) is 1. The van der Waals surface area contributed by atoms with Gasteiger partial charge in [-0.05, 0) is 43.3 Å². The Morgan fingerprint density at radius 1 is 1.45 bits per heavy atom. The third-order valence-electron chi connectivity index (χ3n) is 4.00. The molecule has 2 heterocycles. The van der Waals surface area contributed by atoms with Gasteiger partial charge in [0, 0.05) is 6.54 Å². The minimum atomic E-state index is -0.449. The standard InChI is InChI=1S/C16H16ClFN2O2/c1-20-7-6-13(19-16(21)14-3-2-8-22-14)15(20)10-4-5-11(17)12(18)9-10/h2-5,8-9,13,15H,6-7H2,1H3,(H,19,21)/t13-,15+/m1/s1. The van der Waals surface area contributed by atoms with Gasteiger partial charge < -0.3 is 9.73 Å². The number of hydrogen-bond acceptors (Lipinski definition) is 3. The molecule has 3 rings (SSSR count). The molecule has 1 N–H and O–H groups in total. The SMILES string of the molecule is CN1CC[C@@H](NC(=O)c2ccco2)[C@@H]1c1ccc(Cl)c(F)c1. The van der Waals surface area contributed by atoms with Crippen molar-refractivity contribution in [1.82, 2.24) is 10.2 Å². The Balaban J connectivity index is 1.81. The molecular formula is C16H16ClFN2O2. The Hall–Kier alpha value is -1.85. The fourth-order valence-corrected chi connectivity index (χ4v) is 3.05. The summed E-state index contributed by atoms with van der Waals surface area (Å²) in [5, 5.41) is 3.06. The van der Waals surface area contributed by atoms with Crippen molar-refractivity contribution in [3.05, 3.63) is 58.8 Å². The molecule has 0 radical (unpaired) electrons. The fraction of sp³-hybridized carbons (Fsp3) is 0.312. The first kappa shape index (κ1) is 15.1. The minimum absolute atomic E-state index is 0.0920. The average molecular weight is 323 g/mol. The van der Waals surface area contributed by atoms with Crippen LogP contribution in [0.15, 0.2) is 41.0 Å². The molecule has 1 aromatic heterocycles. The smallest absolute Gasteiger partial charge is 0.287 e. The van der Waals surface area contributed by atoms with Crippen LogP contribution in [-0.2, 0) is 0 Å². The van der Waals surface area contributed by atoms with E-state index in [0.717, 1.165) is 18.5 Å². The predicted molar refractivity (Wildman–Crippen MR) is 81.4 cm³/mol. The van der Waals surface area contributed by atoms with E-state index in [1.807, 2.05) is 7.05 Å². The molecule has 0 unspecified atom stereocenters. The average Bonchev–Trinajstić information content (AvgIpc) is 3.13. The topological polar surface area (TPSA) is 45.5 Å². The Morgan fingerprint density at radius 2 is 2.27 bits per heavy atom. The summed E-state index contributed by atoms with van der Waals surface area (Å²) >= 11 is 5.74. The number of hydrogen-bond donors (Lipinski definition) is 1. The first-order valence-corrected chi connectivity index (χ1v) is 7.43. The summed E-state index contributed by atoms with van der Waals surface area (Å²) < 4.78 is 18.8. The van der Waals surface area contributed by atoms with Crippen molar-refractivity contribution < 1.29 is 13.6 Å². The lowest BCUT2D eigenvalue weighted by atomic mass is 10.00. The number of carbonyl (C=O) groups is 1. The van der Waals surface area contributed by atoms with Gasteiger partial charge in [0.25, 0.3) is 5.91 Å². The highest BCUT2D eigenvalue weighted by Crippen LogP contribution is 2.32. The van der Waals surface area contributed by atoms with Gasteiger partial charge in [-0.3, -0.25) is 9.69 Å². The van der Waals surface area contributed by atoms with Gasteiger partial charge in [-0.2, -0.15) is 0 Å². The molecule has 2 aromatic rings. The van der Waals surface area contributed by atoms with Crippen molar-refractivity contribution in [2.75, 3.05) is 13.6 Å². The lowest BCUT2D eigenvalue weighted by molar-refractivity contribution is 0.0899. The third kappa shape index (κ3) is 2.87. The molecule has 1 aromatic carbocycles. The molecule has 4 nitrogen and oxygen atoms in total. The van der Waals surface area contributed by atoms with Crippen molar-refractivity contribution in [3.63, 3.8) is 0 Å². The van der Waals surface area contributed by atoms with Gasteiger partial charge in [-0.25, -0.2) is 4.39 Å². The maximum absolute atomic E-state index is 13.7. The van der Waals surface area contributed by atoms with Crippen LogP contribution in [0.4, 0.5) is 4.39 Å². The lowest BCUT2D eigenvalue weighted by Crippen LogP contribution is -2.38. The lowest BCUT2D eigenvalue weighted by Gasteiger charge is -2.26. The van der Waals surface area contributed by atoms with E-state index in [1.54, 1.807) is 24.3 Å². The minimum Gasteiger partial charge on any atom is -0.459 e. The molecule has 6 heteroatoms. The maximum atomic E-state index is 13.7. The highest BCUT2D eigenvalue weighted by molar-refractivity contribution is 6.30. The molecule has 0 spiro atoms. The number of rotatable bonds is 3. The summed E-state index contributed by atoms with van der Waals surface area (Å²) in [5.74, 6) is -0.434. The van der Waals surface area contributed by atoms with Gasteiger partial charge >= 0.3 is 0 Å². The third-order valence-corrected chi connectivity index (χ3v) is 4.30. The maximum Gasteiger partial charge on any atom is 0.287 e. The van der Waals surface area contributed by atoms with Crippen LogP contribution in [0, 0.1) is 5.82 Å². The number of amides is 1. The number of likely N-dealkylation sites (tertiary alicyclic amines) is 1. The predicted octanol–water partition coefficient (Wildman–Crippen LogP) is 3.25. The van der Waals surface area contributed by atoms with Crippen molar-refractivity contribution in [2.24, 2.45) is 0 Å². The van der Waals surface area contributed by atoms with Crippen molar-refractivity contribution >= 4 is 17.5 Å². The summed E-state index contributed by atoms with van der Waals surface area (Å²) in [7, 11) is 1.95. The van der Waals surface area contributed by atoms with Crippen molar-refractivity contribution in [1.29, 1.82) is 0 Å². The molecule has 0 bridgehead atoms. The second kappa shape index (κ2) is 6.10. The molecule has 0 aliphatic carbocycles. The van der Waals surface area contributed by atoms with Gasteiger partial charge in [0.15, 0.2) is 5.76 Å². The molecule has 2 atom stereocenters. The van der Waals surface area contributed by atoms with E-state index in [4.69, 9.17) is 16.0 Å². The van der Waals surface area contributed by atoms with Crippen LogP contribution in [0.1, 0.15) is 28.6 Å². The molecular weight excluding hydrogens is 307 g/mol. The van der Waals surface area contributed by atoms with Crippen LogP contribution in [0.25, 0.3) is 0 Å². The Bertz CT molecular complexity index is 675. The number of benzene rings is 1. The van der Waals surface area contributed by atoms with E-state index in [1.165, 1.54) is 12.3 Å². The van der Waals surface area contributed by atoms with E-state index >= 15 is 0 Å². The summed E-state index contributed by atoms with van der Waals surface area (Å²) in [6, 6.07) is 7.86. The van der Waals surface area contributed by atoms with Gasteiger partial charge in [-0.15, -0.1) is 0 Å². The summed E-state index contributed by atoms with van der Waals surface area (Å²) in [4.78, 5) is 14.2. The number of halogens is 2.